The van der Waals surface area contributed by atoms with E-state index in [1.807, 2.05) is 0 Å². The average molecular weight is 224 g/mol. The second kappa shape index (κ2) is 10.1. The fourth-order valence-electron chi connectivity index (χ4n) is 0. The maximum absolute atomic E-state index is 9.89. The zero-order valence-corrected chi connectivity index (χ0v) is 9.93. The third-order valence-electron chi connectivity index (χ3n) is 1.18. The Morgan fingerprint density at radius 3 is 1.00 bits per heavy atom. The monoisotopic (exact) mass is 224 g/mol. The molecule has 0 aliphatic heterocycles. The third-order valence-corrected chi connectivity index (χ3v) is 1.18. The van der Waals surface area contributed by atoms with Gasteiger partial charge in [-0.05, 0) is 27.7 Å². The van der Waals surface area contributed by atoms with Gasteiger partial charge in [0.25, 0.3) is 0 Å². The van der Waals surface area contributed by atoms with Gasteiger partial charge in [0.05, 0.1) is 0 Å². The van der Waals surface area contributed by atoms with Crippen LogP contribution in [0.2, 0.25) is 0 Å². The van der Waals surface area contributed by atoms with Crippen LogP contribution in [0.25, 0.3) is 0 Å². The Labute approximate surface area is 93.2 Å². The van der Waals surface area contributed by atoms with Crippen molar-refractivity contribution in [1.82, 2.24) is 0 Å². The minimum absolute atomic E-state index is 0. The van der Waals surface area contributed by atoms with Gasteiger partial charge in [-0.3, -0.25) is 9.59 Å². The summed E-state index contributed by atoms with van der Waals surface area (Å²) in [5.41, 5.74) is 0. The van der Waals surface area contributed by atoms with Crippen molar-refractivity contribution < 1.29 is 41.5 Å². The van der Waals surface area contributed by atoms with E-state index in [0.29, 0.717) is 0 Å². The predicted molar refractivity (Wildman–Crippen MR) is 44.7 cm³/mol. The molecular formula is C8H16O4Ti. The molecule has 2 unspecified atom stereocenters. The molecular weight excluding hydrogens is 208 g/mol. The van der Waals surface area contributed by atoms with Gasteiger partial charge < -0.3 is 10.2 Å². The molecule has 0 fully saturated rings. The van der Waals surface area contributed by atoms with Crippen molar-refractivity contribution in [2.45, 2.75) is 39.9 Å². The van der Waals surface area contributed by atoms with E-state index >= 15 is 0 Å². The van der Waals surface area contributed by atoms with Crippen molar-refractivity contribution in [3.63, 3.8) is 0 Å². The van der Waals surface area contributed by atoms with Crippen LogP contribution in [0.4, 0.5) is 0 Å². The number of aliphatic hydroxyl groups excluding tert-OH is 2. The van der Waals surface area contributed by atoms with Crippen LogP contribution in [-0.4, -0.2) is 34.0 Å². The molecule has 0 aromatic heterocycles. The summed E-state index contributed by atoms with van der Waals surface area (Å²) in [6.45, 7) is 5.60. The van der Waals surface area contributed by atoms with Crippen molar-refractivity contribution in [3.8, 4) is 0 Å². The van der Waals surface area contributed by atoms with Crippen LogP contribution in [0.1, 0.15) is 27.7 Å². The van der Waals surface area contributed by atoms with Crippen LogP contribution >= 0.6 is 0 Å². The van der Waals surface area contributed by atoms with E-state index in [4.69, 9.17) is 10.2 Å². The minimum atomic E-state index is -0.787. The van der Waals surface area contributed by atoms with E-state index in [2.05, 4.69) is 0 Å². The minimum Gasteiger partial charge on any atom is -0.386 e. The molecule has 0 spiro atoms. The number of Topliss-reactive ketones (excluding diaryl/α,β-unsaturated/α-hetero) is 2. The molecule has 0 bridgehead atoms. The SMILES string of the molecule is CC(=O)C(C)O.CC(=O)C(C)O.[Ti]. The van der Waals surface area contributed by atoms with E-state index in [9.17, 15) is 9.59 Å². The summed E-state index contributed by atoms with van der Waals surface area (Å²) in [6.07, 6.45) is -1.57. The van der Waals surface area contributed by atoms with E-state index in [1.54, 1.807) is 0 Å². The Hall–Kier alpha value is -0.0257. The Balaban J connectivity index is -0.000000143. The van der Waals surface area contributed by atoms with Crippen LogP contribution in [-0.2, 0) is 31.3 Å². The number of aliphatic hydroxyl groups is 2. The number of carbonyl (C=O) groups is 2. The number of rotatable bonds is 2. The summed E-state index contributed by atoms with van der Waals surface area (Å²) in [5.74, 6) is -0.370. The van der Waals surface area contributed by atoms with Crippen LogP contribution in [0, 0.1) is 0 Å². The summed E-state index contributed by atoms with van der Waals surface area (Å²) in [6, 6.07) is 0. The molecule has 0 aliphatic carbocycles. The van der Waals surface area contributed by atoms with Crippen molar-refractivity contribution in [2.75, 3.05) is 0 Å². The molecule has 0 saturated heterocycles. The molecule has 0 radical (unpaired) electrons. The molecule has 0 amide bonds. The Morgan fingerprint density at radius 1 is 0.923 bits per heavy atom. The van der Waals surface area contributed by atoms with Crippen molar-refractivity contribution in [2.24, 2.45) is 0 Å². The van der Waals surface area contributed by atoms with Gasteiger partial charge in [0, 0.05) is 21.7 Å². The van der Waals surface area contributed by atoms with E-state index in [-0.39, 0.29) is 33.3 Å². The second-order valence-corrected chi connectivity index (χ2v) is 2.57. The summed E-state index contributed by atoms with van der Waals surface area (Å²) < 4.78 is 0. The molecule has 0 aromatic rings. The molecule has 2 atom stereocenters. The largest absolute Gasteiger partial charge is 0.386 e. The van der Waals surface area contributed by atoms with Gasteiger partial charge in [0.2, 0.25) is 0 Å². The molecule has 4 nitrogen and oxygen atoms in total. The van der Waals surface area contributed by atoms with Crippen LogP contribution in [0.15, 0.2) is 0 Å². The molecule has 13 heavy (non-hydrogen) atoms. The molecule has 0 heterocycles. The number of ketones is 2. The first-order chi connectivity index (χ1) is 5.29. The van der Waals surface area contributed by atoms with Gasteiger partial charge in [0.1, 0.15) is 12.2 Å². The maximum atomic E-state index is 9.89. The average Bonchev–Trinajstić information content (AvgIpc) is 1.88. The zero-order chi connectivity index (χ0) is 10.3. The van der Waals surface area contributed by atoms with Crippen molar-refractivity contribution in [3.05, 3.63) is 0 Å². The van der Waals surface area contributed by atoms with Crippen LogP contribution in [0.5, 0.6) is 0 Å². The maximum Gasteiger partial charge on any atom is 0.157 e. The number of hydrogen-bond acceptors (Lipinski definition) is 4. The van der Waals surface area contributed by atoms with Crippen LogP contribution < -0.4 is 0 Å². The Morgan fingerprint density at radius 2 is 1.00 bits per heavy atom. The third kappa shape index (κ3) is 18.7. The molecule has 5 heteroatoms. The standard InChI is InChI=1S/2C4H8O2.Ti/c2*1-3(5)4(2)6;/h2*3,5H,1-2H3;. The molecule has 76 valence electrons. The number of carbonyl (C=O) groups excluding carboxylic acids is 2. The van der Waals surface area contributed by atoms with Gasteiger partial charge in [-0.25, -0.2) is 0 Å². The van der Waals surface area contributed by atoms with E-state index in [0.717, 1.165) is 0 Å². The van der Waals surface area contributed by atoms with Gasteiger partial charge >= 0.3 is 0 Å². The molecule has 0 rings (SSSR count). The van der Waals surface area contributed by atoms with Crippen LogP contribution in [0.3, 0.4) is 0 Å². The summed E-state index contributed by atoms with van der Waals surface area (Å²) in [4.78, 5) is 19.8. The van der Waals surface area contributed by atoms with E-state index < -0.39 is 12.2 Å². The Kier molecular flexibility index (Phi) is 14.5. The summed E-state index contributed by atoms with van der Waals surface area (Å²) in [5, 5.41) is 16.6. The van der Waals surface area contributed by atoms with E-state index in [1.165, 1.54) is 27.7 Å². The van der Waals surface area contributed by atoms with Gasteiger partial charge in [-0.15, -0.1) is 0 Å². The van der Waals surface area contributed by atoms with Gasteiger partial charge in [-0.2, -0.15) is 0 Å². The summed E-state index contributed by atoms with van der Waals surface area (Å²) in [7, 11) is 0. The quantitative estimate of drug-likeness (QED) is 0.643. The molecule has 0 aliphatic rings. The second-order valence-electron chi connectivity index (χ2n) is 2.57. The first-order valence-electron chi connectivity index (χ1n) is 3.66. The number of hydrogen-bond donors (Lipinski definition) is 2. The summed E-state index contributed by atoms with van der Waals surface area (Å²) >= 11 is 0. The molecule has 0 saturated carbocycles. The van der Waals surface area contributed by atoms with Crippen molar-refractivity contribution in [1.29, 1.82) is 0 Å². The smallest absolute Gasteiger partial charge is 0.157 e. The Bertz CT molecular complexity index is 136. The predicted octanol–water partition coefficient (Wildman–Crippen LogP) is -0.0901. The van der Waals surface area contributed by atoms with Gasteiger partial charge in [-0.1, -0.05) is 0 Å². The fraction of sp³-hybridized carbons (Fsp3) is 0.750. The first kappa shape index (κ1) is 18.7. The zero-order valence-electron chi connectivity index (χ0n) is 8.37. The topological polar surface area (TPSA) is 74.6 Å². The molecule has 2 N–H and O–H groups in total. The normalized spacial score (nSPS) is 12.8. The van der Waals surface area contributed by atoms with Crippen molar-refractivity contribution >= 4 is 11.6 Å². The fourth-order valence-corrected chi connectivity index (χ4v) is 0. The van der Waals surface area contributed by atoms with Gasteiger partial charge in [0.15, 0.2) is 11.6 Å². The first-order valence-corrected chi connectivity index (χ1v) is 3.66. The molecule has 0 aromatic carbocycles.